The summed E-state index contributed by atoms with van der Waals surface area (Å²) in [5.41, 5.74) is 9.81. The highest BCUT2D eigenvalue weighted by molar-refractivity contribution is 6.46. The lowest BCUT2D eigenvalue weighted by atomic mass is 9.50. The van der Waals surface area contributed by atoms with Gasteiger partial charge in [-0.05, 0) is 67.6 Å². The van der Waals surface area contributed by atoms with Crippen molar-refractivity contribution in [2.45, 2.75) is 57.0 Å². The first-order valence-corrected chi connectivity index (χ1v) is 12.2. The van der Waals surface area contributed by atoms with Crippen molar-refractivity contribution in [3.05, 3.63) is 52.3 Å². The van der Waals surface area contributed by atoms with Crippen molar-refractivity contribution in [2.24, 2.45) is 22.1 Å². The molecule has 4 aliphatic carbocycles. The number of benzene rings is 1. The van der Waals surface area contributed by atoms with E-state index in [0.717, 1.165) is 42.0 Å². The quantitative estimate of drug-likeness (QED) is 0.762. The lowest BCUT2D eigenvalue weighted by Gasteiger charge is -2.61. The summed E-state index contributed by atoms with van der Waals surface area (Å²) in [4.78, 5) is 44.3. The Kier molecular flexibility index (Phi) is 3.93. The van der Waals surface area contributed by atoms with Crippen LogP contribution in [0.25, 0.3) is 0 Å². The van der Waals surface area contributed by atoms with Crippen LogP contribution >= 0.6 is 0 Å². The highest BCUT2D eigenvalue weighted by Gasteiger charge is 2.60. The minimum absolute atomic E-state index is 0.0485. The maximum absolute atomic E-state index is 13.3. The molecule has 2 aromatic rings. The molecular weight excluding hydrogens is 430 g/mol. The van der Waals surface area contributed by atoms with Gasteiger partial charge >= 0.3 is 0 Å². The molecule has 1 aromatic carbocycles. The third-order valence-corrected chi connectivity index (χ3v) is 9.03. The van der Waals surface area contributed by atoms with Crippen LogP contribution < -0.4 is 5.73 Å². The molecule has 0 unspecified atom stereocenters. The van der Waals surface area contributed by atoms with Crippen LogP contribution in [0.5, 0.6) is 0 Å². The second kappa shape index (κ2) is 6.64. The summed E-state index contributed by atoms with van der Waals surface area (Å²) in [5.74, 6) is 0.446. The van der Waals surface area contributed by atoms with Gasteiger partial charge in [-0.2, -0.15) is 5.10 Å². The Bertz CT molecular complexity index is 1300. The van der Waals surface area contributed by atoms with Gasteiger partial charge in [-0.25, -0.2) is 0 Å². The number of nitrogens with two attached hydrogens (primary N) is 1. The predicted molar refractivity (Wildman–Crippen MR) is 124 cm³/mol. The number of likely N-dealkylation sites (tertiary alicyclic amines) is 1. The normalized spacial score (nSPS) is 28.0. The molecule has 0 atom stereocenters. The number of fused-ring (bicyclic) bond motifs is 2. The number of nitrogens with zero attached hydrogens (tertiary/aromatic N) is 4. The largest absolute Gasteiger partial charge is 0.364 e. The second-order valence-corrected chi connectivity index (χ2v) is 11.1. The van der Waals surface area contributed by atoms with Gasteiger partial charge < -0.3 is 10.6 Å². The van der Waals surface area contributed by atoms with Gasteiger partial charge in [-0.3, -0.25) is 24.1 Å². The Labute approximate surface area is 197 Å². The highest BCUT2D eigenvalue weighted by Crippen LogP contribution is 2.62. The first-order valence-electron chi connectivity index (χ1n) is 12.2. The van der Waals surface area contributed by atoms with Crippen molar-refractivity contribution in [1.82, 2.24) is 14.7 Å². The maximum Gasteiger partial charge on any atom is 0.267 e. The first-order chi connectivity index (χ1) is 16.4. The van der Waals surface area contributed by atoms with Crippen LogP contribution in [-0.4, -0.2) is 51.1 Å². The zero-order valence-electron chi connectivity index (χ0n) is 19.0. The Morgan fingerprint density at radius 3 is 2.50 bits per heavy atom. The van der Waals surface area contributed by atoms with Gasteiger partial charge in [0.25, 0.3) is 11.8 Å². The number of carbonyl (C=O) groups excluding carboxylic acids is 3. The van der Waals surface area contributed by atoms with Gasteiger partial charge in [-0.15, -0.1) is 0 Å². The number of amides is 2. The Balaban J connectivity index is 1.07. The minimum Gasteiger partial charge on any atom is -0.364 e. The average molecular weight is 458 g/mol. The summed E-state index contributed by atoms with van der Waals surface area (Å²) >= 11 is 0. The molecule has 34 heavy (non-hydrogen) atoms. The number of Topliss-reactive ketones (excluding diaryl/α,β-unsaturated/α-hetero) is 1. The monoisotopic (exact) mass is 457 g/mol. The molecule has 2 aliphatic heterocycles. The van der Waals surface area contributed by atoms with Crippen molar-refractivity contribution in [2.75, 3.05) is 13.1 Å². The third-order valence-electron chi connectivity index (χ3n) is 9.03. The molecule has 3 heterocycles. The fourth-order valence-electron chi connectivity index (χ4n) is 7.00. The topological polar surface area (TPSA) is 111 Å². The predicted octanol–water partition coefficient (Wildman–Crippen LogP) is 2.23. The first kappa shape index (κ1) is 20.1. The Morgan fingerprint density at radius 2 is 1.82 bits per heavy atom. The van der Waals surface area contributed by atoms with Gasteiger partial charge in [0, 0.05) is 36.2 Å². The fraction of sp³-hybridized carbons (Fsp3) is 0.500. The van der Waals surface area contributed by atoms with E-state index in [1.165, 1.54) is 19.3 Å². The van der Waals surface area contributed by atoms with E-state index in [0.29, 0.717) is 37.2 Å². The van der Waals surface area contributed by atoms with Crippen LogP contribution in [0.1, 0.15) is 76.1 Å². The summed E-state index contributed by atoms with van der Waals surface area (Å²) in [6.07, 6.45) is 8.47. The number of hydrogen-bond donors (Lipinski definition) is 1. The van der Waals surface area contributed by atoms with Crippen LogP contribution in [0.3, 0.4) is 0 Å². The van der Waals surface area contributed by atoms with Gasteiger partial charge in [0.1, 0.15) is 11.4 Å². The van der Waals surface area contributed by atoms with Gasteiger partial charge in [0.05, 0.1) is 18.3 Å². The summed E-state index contributed by atoms with van der Waals surface area (Å²) in [5, 5.41) is 4.68. The Morgan fingerprint density at radius 1 is 1.06 bits per heavy atom. The number of carbonyl (C=O) groups is 3. The van der Waals surface area contributed by atoms with Crippen LogP contribution in [-0.2, 0) is 23.3 Å². The van der Waals surface area contributed by atoms with Gasteiger partial charge in [0.15, 0.2) is 5.78 Å². The summed E-state index contributed by atoms with van der Waals surface area (Å²) < 4.78 is 2.06. The molecule has 8 rings (SSSR count). The fourth-order valence-corrected chi connectivity index (χ4v) is 7.00. The van der Waals surface area contributed by atoms with E-state index in [9.17, 15) is 14.4 Å². The second-order valence-electron chi connectivity index (χ2n) is 11.1. The molecule has 1 spiro atoms. The molecule has 1 aromatic heterocycles. The number of piperidine rings is 1. The van der Waals surface area contributed by atoms with Crippen LogP contribution in [0.4, 0.5) is 0 Å². The molecule has 8 heteroatoms. The van der Waals surface area contributed by atoms with E-state index < -0.39 is 5.91 Å². The number of aliphatic imine (C=N–C) groups is 1. The van der Waals surface area contributed by atoms with E-state index >= 15 is 0 Å². The molecule has 6 aliphatic rings. The standard InChI is InChI=1S/C26H27N5O3/c27-23(33)21-19-7-16(1-2-17(19)13-28-21)24(34)30-5-3-25(4-6-30)11-18-14-29-31(22(18)20(32)12-25)26-8-15(9-26)10-26/h1-2,7,14-15H,3-6,8-13H2,(H2,27,33). The number of rotatable bonds is 3. The molecule has 2 amide bonds. The van der Waals surface area contributed by atoms with Crippen LogP contribution in [0.15, 0.2) is 29.4 Å². The van der Waals surface area contributed by atoms with Crippen LogP contribution in [0, 0.1) is 11.3 Å². The van der Waals surface area contributed by atoms with Crippen molar-refractivity contribution < 1.29 is 14.4 Å². The SMILES string of the molecule is NC(=O)C1=NCc2ccc(C(=O)N3CCC4(CC3)CC(=O)c3c(cnn3C35CC(C3)C5)C4)cc21. The average Bonchev–Trinajstić information content (AvgIpc) is 3.36. The summed E-state index contributed by atoms with van der Waals surface area (Å²) in [6.45, 7) is 1.66. The van der Waals surface area contributed by atoms with Crippen molar-refractivity contribution in [1.29, 1.82) is 0 Å². The molecule has 174 valence electrons. The number of ketones is 1. The molecule has 2 N–H and O–H groups in total. The molecule has 4 fully saturated rings. The molecule has 3 saturated carbocycles. The van der Waals surface area contributed by atoms with Crippen LogP contribution in [0.2, 0.25) is 0 Å². The van der Waals surface area contributed by atoms with E-state index in [1.807, 2.05) is 17.2 Å². The smallest absolute Gasteiger partial charge is 0.267 e. The van der Waals surface area contributed by atoms with Gasteiger partial charge in [0.2, 0.25) is 0 Å². The molecule has 0 radical (unpaired) electrons. The van der Waals surface area contributed by atoms with E-state index in [1.54, 1.807) is 12.1 Å². The van der Waals surface area contributed by atoms with E-state index in [2.05, 4.69) is 14.8 Å². The molecule has 1 saturated heterocycles. The highest BCUT2D eigenvalue weighted by atomic mass is 16.2. The number of hydrogen-bond acceptors (Lipinski definition) is 5. The van der Waals surface area contributed by atoms with E-state index in [-0.39, 0.29) is 28.4 Å². The third kappa shape index (κ3) is 2.68. The lowest BCUT2D eigenvalue weighted by molar-refractivity contribution is -0.111. The maximum atomic E-state index is 13.3. The van der Waals surface area contributed by atoms with Crippen molar-refractivity contribution in [3.8, 4) is 0 Å². The molecular formula is C26H27N5O3. The van der Waals surface area contributed by atoms with E-state index in [4.69, 9.17) is 5.73 Å². The zero-order chi connectivity index (χ0) is 23.2. The molecule has 2 bridgehead atoms. The zero-order valence-corrected chi connectivity index (χ0v) is 19.0. The number of primary amides is 1. The Hall–Kier alpha value is -3.29. The van der Waals surface area contributed by atoms with Crippen molar-refractivity contribution >= 4 is 23.3 Å². The van der Waals surface area contributed by atoms with Gasteiger partial charge in [-0.1, -0.05) is 6.07 Å². The molecule has 8 nitrogen and oxygen atoms in total. The summed E-state index contributed by atoms with van der Waals surface area (Å²) in [6, 6.07) is 5.41. The lowest BCUT2D eigenvalue weighted by Crippen LogP contribution is -2.60. The van der Waals surface area contributed by atoms with Crippen molar-refractivity contribution in [3.63, 3.8) is 0 Å². The summed E-state index contributed by atoms with van der Waals surface area (Å²) in [7, 11) is 0. The number of aromatic nitrogens is 2. The minimum atomic E-state index is -0.568.